The summed E-state index contributed by atoms with van der Waals surface area (Å²) in [6.45, 7) is 4.74. The van der Waals surface area contributed by atoms with E-state index in [1.165, 1.54) is 16.8 Å². The van der Waals surface area contributed by atoms with E-state index in [0.717, 1.165) is 75.6 Å². The van der Waals surface area contributed by atoms with Crippen LogP contribution in [0.15, 0.2) is 58.1 Å². The predicted molar refractivity (Wildman–Crippen MR) is 254 cm³/mol. The molecule has 10 rings (SSSR count). The van der Waals surface area contributed by atoms with Gasteiger partial charge >= 0.3 is 0 Å². The molecule has 6 aliphatic rings. The van der Waals surface area contributed by atoms with Crippen LogP contribution in [0, 0.1) is 23.3 Å². The summed E-state index contributed by atoms with van der Waals surface area (Å²) in [6, 6.07) is 10.6. The molecular formula is C50H62F4N8O8. The molecule has 20 heteroatoms. The van der Waals surface area contributed by atoms with Crippen LogP contribution in [0.1, 0.15) is 97.3 Å². The van der Waals surface area contributed by atoms with Crippen LogP contribution >= 0.6 is 0 Å². The van der Waals surface area contributed by atoms with E-state index >= 15 is 0 Å². The lowest BCUT2D eigenvalue weighted by Gasteiger charge is -2.51. The SMILES string of the molecule is C.Cn1nc(OC2CCOCC2)cc(N2CCC3(CCCC(=O)N3c3ccc(F)c(F)c3)CC2)c1=O.O=C1CCCC2(CCN(c3cc(OC4CCOCC4)n[nH]c3=O)CC2)N1c1ccc(F)c(F)c1. The van der Waals surface area contributed by atoms with Crippen molar-refractivity contribution in [1.82, 2.24) is 20.0 Å². The van der Waals surface area contributed by atoms with Crippen LogP contribution in [0.2, 0.25) is 0 Å². The molecule has 1 N–H and O–H groups in total. The fourth-order valence-electron chi connectivity index (χ4n) is 10.9. The van der Waals surface area contributed by atoms with Crippen molar-refractivity contribution in [3.8, 4) is 11.8 Å². The second-order valence-electron chi connectivity index (χ2n) is 18.9. The summed E-state index contributed by atoms with van der Waals surface area (Å²) in [6.07, 6.45) is 9.34. The molecule has 2 aromatic carbocycles. The number of H-pyrrole nitrogens is 1. The normalized spacial score (nSPS) is 20.8. The number of nitrogens with one attached hydrogen (secondary N) is 1. The minimum Gasteiger partial charge on any atom is -0.473 e. The Kier molecular flexibility index (Phi) is 15.5. The van der Waals surface area contributed by atoms with Crippen molar-refractivity contribution < 1.29 is 46.1 Å². The van der Waals surface area contributed by atoms with Crippen LogP contribution in [0.4, 0.5) is 40.3 Å². The maximum atomic E-state index is 14.0. The lowest BCUT2D eigenvalue weighted by Crippen LogP contribution is -2.60. The molecule has 0 radical (unpaired) electrons. The van der Waals surface area contributed by atoms with Gasteiger partial charge in [-0.15, -0.1) is 10.2 Å². The number of ether oxygens (including phenoxy) is 4. The lowest BCUT2D eigenvalue weighted by molar-refractivity contribution is -0.122. The molecule has 0 atom stereocenters. The Morgan fingerprint density at radius 3 is 1.51 bits per heavy atom. The van der Waals surface area contributed by atoms with Gasteiger partial charge in [-0.25, -0.2) is 27.3 Å². The van der Waals surface area contributed by atoms with Crippen LogP contribution in [-0.2, 0) is 26.1 Å². The van der Waals surface area contributed by atoms with Crippen molar-refractivity contribution in [3.63, 3.8) is 0 Å². The predicted octanol–water partition coefficient (Wildman–Crippen LogP) is 6.97. The van der Waals surface area contributed by atoms with Crippen molar-refractivity contribution in [2.45, 2.75) is 121 Å². The van der Waals surface area contributed by atoms with Crippen LogP contribution in [0.25, 0.3) is 0 Å². The number of carbonyl (C=O) groups is 2. The molecule has 2 aromatic heterocycles. The molecule has 0 saturated carbocycles. The molecule has 378 valence electrons. The number of hydrogen-bond acceptors (Lipinski definition) is 12. The molecule has 4 aromatic rings. The summed E-state index contributed by atoms with van der Waals surface area (Å²) < 4.78 is 79.1. The minimum absolute atomic E-state index is 0. The zero-order valence-electron chi connectivity index (χ0n) is 38.7. The maximum absolute atomic E-state index is 14.0. The second-order valence-corrected chi connectivity index (χ2v) is 18.9. The summed E-state index contributed by atoms with van der Waals surface area (Å²) in [5, 5.41) is 10.9. The number of hydrogen-bond donors (Lipinski definition) is 1. The monoisotopic (exact) mass is 978 g/mol. The number of anilines is 4. The van der Waals surface area contributed by atoms with E-state index in [4.69, 9.17) is 18.9 Å². The van der Waals surface area contributed by atoms with E-state index in [9.17, 15) is 36.7 Å². The maximum Gasteiger partial charge on any atom is 0.290 e. The molecule has 0 unspecified atom stereocenters. The summed E-state index contributed by atoms with van der Waals surface area (Å²) in [5.74, 6) is -3.19. The topological polar surface area (TPSA) is 165 Å². The van der Waals surface area contributed by atoms with Gasteiger partial charge in [0.2, 0.25) is 23.6 Å². The number of rotatable bonds is 8. The van der Waals surface area contributed by atoms with E-state index in [1.807, 2.05) is 9.80 Å². The van der Waals surface area contributed by atoms with Gasteiger partial charge in [0.1, 0.15) is 23.6 Å². The molecule has 0 bridgehead atoms. The third-order valence-corrected chi connectivity index (χ3v) is 14.6. The van der Waals surface area contributed by atoms with E-state index in [0.29, 0.717) is 126 Å². The Bertz CT molecular complexity index is 2620. The molecule has 0 aliphatic carbocycles. The van der Waals surface area contributed by atoms with Gasteiger partial charge in [-0.3, -0.25) is 19.2 Å². The summed E-state index contributed by atoms with van der Waals surface area (Å²) in [4.78, 5) is 58.7. The van der Waals surface area contributed by atoms with E-state index in [-0.39, 0.29) is 42.6 Å². The molecule has 16 nitrogen and oxygen atoms in total. The Morgan fingerprint density at radius 1 is 0.600 bits per heavy atom. The molecule has 6 fully saturated rings. The van der Waals surface area contributed by atoms with Crippen LogP contribution < -0.4 is 40.2 Å². The average molecular weight is 979 g/mol. The largest absolute Gasteiger partial charge is 0.473 e. The van der Waals surface area contributed by atoms with Crippen LogP contribution in [-0.4, -0.2) is 108 Å². The first-order valence-electron chi connectivity index (χ1n) is 24.0. The standard InChI is InChI=1S/C25H30F2N4O4.C24H28F2N4O4.CH4/c1-29-24(33)21(16-22(28-29)35-18-6-13-34-14-7-18)30-11-9-25(10-12-30)8-2-3-23(32)31(25)17-4-5-19(26)20(27)15-17;25-18-4-3-16(14-19(18)26)30-22(31)2-1-7-24(30)8-10-29(11-9-24)20-15-21(27-28-23(20)32)34-17-5-12-33-13-6-17;/h4-5,15-16,18H,2-3,6-14H2,1H3;3-4,14-15,17H,1-2,5-13H2,(H,28,32);1H4. The van der Waals surface area contributed by atoms with E-state index in [2.05, 4.69) is 15.3 Å². The number of aryl methyl sites for hydroxylation is 1. The first kappa shape index (κ1) is 50.4. The van der Waals surface area contributed by atoms with Gasteiger partial charge in [0, 0.05) is 107 Å². The van der Waals surface area contributed by atoms with Crippen LogP contribution in [0.3, 0.4) is 0 Å². The summed E-state index contributed by atoms with van der Waals surface area (Å²) >= 11 is 0. The number of halogens is 4. The Balaban J connectivity index is 0.000000186. The van der Waals surface area contributed by atoms with Gasteiger partial charge in [-0.05, 0) is 75.6 Å². The molecule has 8 heterocycles. The zero-order valence-corrected chi connectivity index (χ0v) is 38.7. The van der Waals surface area contributed by atoms with E-state index in [1.54, 1.807) is 29.0 Å². The molecule has 6 saturated heterocycles. The molecule has 2 spiro atoms. The number of amides is 2. The number of aromatic amines is 1. The van der Waals surface area contributed by atoms with Crippen molar-refractivity contribution in [2.75, 3.05) is 72.2 Å². The summed E-state index contributed by atoms with van der Waals surface area (Å²) in [7, 11) is 1.61. The van der Waals surface area contributed by atoms with Crippen molar-refractivity contribution in [2.24, 2.45) is 7.05 Å². The first-order valence-corrected chi connectivity index (χ1v) is 24.0. The third-order valence-electron chi connectivity index (χ3n) is 14.6. The van der Waals surface area contributed by atoms with Gasteiger partial charge in [0.25, 0.3) is 11.1 Å². The zero-order chi connectivity index (χ0) is 48.3. The number of carbonyl (C=O) groups excluding carboxylic acids is 2. The Labute approximate surface area is 403 Å². The highest BCUT2D eigenvalue weighted by Gasteiger charge is 2.47. The second kappa shape index (κ2) is 21.5. The molecule has 70 heavy (non-hydrogen) atoms. The number of benzene rings is 2. The highest BCUT2D eigenvalue weighted by molar-refractivity contribution is 5.96. The molecular weight excluding hydrogens is 917 g/mol. The van der Waals surface area contributed by atoms with Crippen molar-refractivity contribution in [3.05, 3.63) is 92.5 Å². The number of aromatic nitrogens is 4. The first-order chi connectivity index (χ1) is 33.3. The van der Waals surface area contributed by atoms with E-state index < -0.39 is 34.3 Å². The quantitative estimate of drug-likeness (QED) is 0.181. The fraction of sp³-hybridized carbons (Fsp3) is 0.560. The van der Waals surface area contributed by atoms with Crippen molar-refractivity contribution in [1.29, 1.82) is 0 Å². The highest BCUT2D eigenvalue weighted by atomic mass is 19.2. The third kappa shape index (κ3) is 10.7. The van der Waals surface area contributed by atoms with Gasteiger partial charge in [-0.1, -0.05) is 7.43 Å². The smallest absolute Gasteiger partial charge is 0.290 e. The Hall–Kier alpha value is -6.02. The van der Waals surface area contributed by atoms with Crippen molar-refractivity contribution >= 4 is 34.6 Å². The van der Waals surface area contributed by atoms with Gasteiger partial charge in [0.15, 0.2) is 23.3 Å². The lowest BCUT2D eigenvalue weighted by atomic mass is 9.77. The number of nitrogens with zero attached hydrogens (tertiary/aromatic N) is 7. The molecule has 6 aliphatic heterocycles. The van der Waals surface area contributed by atoms with Crippen LogP contribution in [0.5, 0.6) is 11.8 Å². The van der Waals surface area contributed by atoms with Gasteiger partial charge < -0.3 is 38.5 Å². The Morgan fingerprint density at radius 2 is 1.04 bits per heavy atom. The highest BCUT2D eigenvalue weighted by Crippen LogP contribution is 2.44. The minimum atomic E-state index is -0.969. The molecule has 2 amide bonds. The summed E-state index contributed by atoms with van der Waals surface area (Å²) in [5.41, 5.74) is 0.270. The fourth-order valence-corrected chi connectivity index (χ4v) is 10.9. The van der Waals surface area contributed by atoms with Gasteiger partial charge in [0.05, 0.1) is 37.5 Å². The number of piperidine rings is 4. The average Bonchev–Trinajstić information content (AvgIpc) is 3.34. The van der Waals surface area contributed by atoms with Gasteiger partial charge in [-0.2, -0.15) is 0 Å².